The molecule has 0 bridgehead atoms. The molecule has 4 rings (SSSR count). The van der Waals surface area contributed by atoms with Crippen molar-refractivity contribution in [3.05, 3.63) is 69.5 Å². The maximum atomic E-state index is 2.40. The molecule has 2 nitrogen and oxygen atoms in total. The smallest absolute Gasteiger partial charge is 0.264 e. The highest BCUT2D eigenvalue weighted by Crippen LogP contribution is 2.45. The van der Waals surface area contributed by atoms with Crippen molar-refractivity contribution in [3.63, 3.8) is 0 Å². The number of para-hydroxylation sites is 1. The van der Waals surface area contributed by atoms with Gasteiger partial charge in [0.05, 0.1) is 22.2 Å². The molecule has 1 aliphatic rings. The highest BCUT2D eigenvalue weighted by atomic mass is 32.2. The number of benzene rings is 2. The molecule has 25 heavy (non-hydrogen) atoms. The maximum Gasteiger partial charge on any atom is 0.264 e. The van der Waals surface area contributed by atoms with Gasteiger partial charge in [-0.05, 0) is 38.1 Å². The van der Waals surface area contributed by atoms with E-state index in [0.717, 1.165) is 6.54 Å². The number of thioether (sulfide) groups is 1. The van der Waals surface area contributed by atoms with Crippen LogP contribution in [0.3, 0.4) is 0 Å². The second-order valence-electron chi connectivity index (χ2n) is 6.18. The van der Waals surface area contributed by atoms with E-state index in [1.54, 1.807) is 0 Å². The van der Waals surface area contributed by atoms with E-state index in [0.29, 0.717) is 0 Å². The fraction of sp³-hybridized carbons (Fsp3) is 0.190. The molecule has 0 spiro atoms. The summed E-state index contributed by atoms with van der Waals surface area (Å²) in [5.41, 5.74) is 5.16. The first kappa shape index (κ1) is 16.4. The van der Waals surface area contributed by atoms with Gasteiger partial charge in [-0.3, -0.25) is 0 Å². The van der Waals surface area contributed by atoms with Crippen molar-refractivity contribution in [2.24, 2.45) is 0 Å². The highest BCUT2D eigenvalue weighted by molar-refractivity contribution is 8.03. The molecule has 0 radical (unpaired) electrons. The third-order valence-corrected chi connectivity index (χ3v) is 6.62. The Labute approximate surface area is 157 Å². The van der Waals surface area contributed by atoms with E-state index in [-0.39, 0.29) is 0 Å². The Morgan fingerprint density at radius 1 is 1.08 bits per heavy atom. The molecule has 0 atom stereocenters. The van der Waals surface area contributed by atoms with Gasteiger partial charge in [-0.25, -0.2) is 0 Å². The Bertz CT molecular complexity index is 939. The molecule has 1 aromatic heterocycles. The Balaban J connectivity index is 1.72. The van der Waals surface area contributed by atoms with E-state index in [9.17, 15) is 0 Å². The number of hydrogen-bond acceptors (Lipinski definition) is 3. The van der Waals surface area contributed by atoms with Crippen molar-refractivity contribution in [1.29, 1.82) is 0 Å². The van der Waals surface area contributed by atoms with Gasteiger partial charge >= 0.3 is 0 Å². The van der Waals surface area contributed by atoms with Crippen LogP contribution in [0.25, 0.3) is 17.3 Å². The molecule has 0 aliphatic carbocycles. The average Bonchev–Trinajstić information content (AvgIpc) is 3.17. The van der Waals surface area contributed by atoms with Crippen molar-refractivity contribution in [2.75, 3.05) is 11.9 Å². The molecule has 0 saturated heterocycles. The summed E-state index contributed by atoms with van der Waals surface area (Å²) < 4.78 is 2.40. The quantitative estimate of drug-likeness (QED) is 0.560. The van der Waals surface area contributed by atoms with E-state index in [1.807, 2.05) is 23.1 Å². The van der Waals surface area contributed by atoms with Crippen LogP contribution in [0.1, 0.15) is 17.5 Å². The molecule has 3 aromatic rings. The third-order valence-electron chi connectivity index (χ3n) is 4.53. The zero-order valence-electron chi connectivity index (χ0n) is 14.7. The third kappa shape index (κ3) is 3.00. The normalized spacial score (nSPS) is 15.0. The lowest BCUT2D eigenvalue weighted by Gasteiger charge is -2.12. The van der Waals surface area contributed by atoms with Crippen molar-refractivity contribution in [2.45, 2.75) is 25.3 Å². The van der Waals surface area contributed by atoms with Crippen LogP contribution in [0.4, 0.5) is 5.69 Å². The molecule has 2 aromatic carbocycles. The van der Waals surface area contributed by atoms with Gasteiger partial charge in [0.2, 0.25) is 5.69 Å². The highest BCUT2D eigenvalue weighted by Gasteiger charge is 2.25. The van der Waals surface area contributed by atoms with Crippen LogP contribution in [0.2, 0.25) is 0 Å². The Kier molecular flexibility index (Phi) is 4.40. The SMILES string of the molecule is CC[n+]1c(-c2ccc(C)cc2)csc1/C=C1\Sc2ccccc2N1C. The van der Waals surface area contributed by atoms with Crippen molar-refractivity contribution in [1.82, 2.24) is 0 Å². The minimum atomic E-state index is 0.965. The van der Waals surface area contributed by atoms with Crippen LogP contribution >= 0.6 is 23.1 Å². The lowest BCUT2D eigenvalue weighted by atomic mass is 10.1. The first-order chi connectivity index (χ1) is 12.2. The maximum absolute atomic E-state index is 2.40. The second-order valence-corrected chi connectivity index (χ2v) is 8.13. The van der Waals surface area contributed by atoms with Crippen molar-refractivity contribution in [3.8, 4) is 11.3 Å². The van der Waals surface area contributed by atoms with E-state index in [4.69, 9.17) is 0 Å². The topological polar surface area (TPSA) is 7.12 Å². The minimum absolute atomic E-state index is 0.965. The summed E-state index contributed by atoms with van der Waals surface area (Å²) in [5.74, 6) is 0. The molecule has 0 saturated carbocycles. The number of aryl methyl sites for hydroxylation is 1. The van der Waals surface area contributed by atoms with Gasteiger partial charge in [0.1, 0.15) is 6.54 Å². The summed E-state index contributed by atoms with van der Waals surface area (Å²) in [5, 5.41) is 4.84. The summed E-state index contributed by atoms with van der Waals surface area (Å²) in [7, 11) is 2.15. The summed E-state index contributed by atoms with van der Waals surface area (Å²) in [4.78, 5) is 3.61. The van der Waals surface area contributed by atoms with E-state index in [1.165, 1.54) is 37.4 Å². The summed E-state index contributed by atoms with van der Waals surface area (Å²) in [6.45, 7) is 5.31. The fourth-order valence-corrected chi connectivity index (χ4v) is 5.29. The number of thiazole rings is 1. The van der Waals surface area contributed by atoms with Gasteiger partial charge in [0, 0.05) is 17.5 Å². The molecule has 4 heteroatoms. The Morgan fingerprint density at radius 3 is 2.56 bits per heavy atom. The molecule has 0 N–H and O–H groups in total. The first-order valence-electron chi connectivity index (χ1n) is 8.48. The van der Waals surface area contributed by atoms with Crippen LogP contribution in [0.5, 0.6) is 0 Å². The number of nitrogens with zero attached hydrogens (tertiary/aromatic N) is 2. The molecular weight excluding hydrogens is 344 g/mol. The van der Waals surface area contributed by atoms with Gasteiger partial charge in [-0.15, -0.1) is 0 Å². The van der Waals surface area contributed by atoms with Crippen LogP contribution in [-0.2, 0) is 6.54 Å². The predicted octanol–water partition coefficient (Wildman–Crippen LogP) is 5.57. The van der Waals surface area contributed by atoms with Crippen LogP contribution in [0.15, 0.2) is 63.8 Å². The minimum Gasteiger partial charge on any atom is -0.338 e. The number of hydrogen-bond donors (Lipinski definition) is 0. The molecule has 0 unspecified atom stereocenters. The van der Waals surface area contributed by atoms with Crippen molar-refractivity contribution < 1.29 is 4.57 Å². The monoisotopic (exact) mass is 365 g/mol. The molecule has 1 aliphatic heterocycles. The van der Waals surface area contributed by atoms with Crippen LogP contribution in [-0.4, -0.2) is 7.05 Å². The van der Waals surface area contributed by atoms with E-state index < -0.39 is 0 Å². The Morgan fingerprint density at radius 2 is 1.84 bits per heavy atom. The molecule has 0 fully saturated rings. The van der Waals surface area contributed by atoms with Gasteiger partial charge < -0.3 is 4.90 Å². The summed E-state index contributed by atoms with van der Waals surface area (Å²) in [6.07, 6.45) is 2.32. The number of aromatic nitrogens is 1. The molecule has 0 amide bonds. The fourth-order valence-electron chi connectivity index (χ4n) is 3.10. The second kappa shape index (κ2) is 6.70. The number of fused-ring (bicyclic) bond motifs is 1. The average molecular weight is 366 g/mol. The standard InChI is InChI=1S/C21H21N2S2/c1-4-23-18(16-11-9-15(2)10-12-16)14-24-21(23)13-20-22(3)17-7-5-6-8-19(17)25-20/h5-14H,4H2,1-3H3/q+1. The van der Waals surface area contributed by atoms with E-state index in [2.05, 4.69) is 90.3 Å². The van der Waals surface area contributed by atoms with Gasteiger partial charge in [-0.2, -0.15) is 4.57 Å². The summed E-state index contributed by atoms with van der Waals surface area (Å²) >= 11 is 3.66. The van der Waals surface area contributed by atoms with E-state index >= 15 is 0 Å². The largest absolute Gasteiger partial charge is 0.338 e. The van der Waals surface area contributed by atoms with Crippen LogP contribution in [0, 0.1) is 6.92 Å². The number of rotatable bonds is 3. The van der Waals surface area contributed by atoms with Gasteiger partial charge in [-0.1, -0.05) is 52.9 Å². The zero-order valence-corrected chi connectivity index (χ0v) is 16.3. The van der Waals surface area contributed by atoms with Gasteiger partial charge in [0.15, 0.2) is 0 Å². The molecular formula is C21H21N2S2+. The molecule has 126 valence electrons. The number of anilines is 1. The van der Waals surface area contributed by atoms with Crippen molar-refractivity contribution >= 4 is 34.9 Å². The lowest BCUT2D eigenvalue weighted by molar-refractivity contribution is -0.679. The lowest BCUT2D eigenvalue weighted by Crippen LogP contribution is -2.35. The first-order valence-corrected chi connectivity index (χ1v) is 10.2. The predicted molar refractivity (Wildman–Crippen MR) is 109 cm³/mol. The Hall–Kier alpha value is -2.04. The zero-order chi connectivity index (χ0) is 17.4. The summed E-state index contributed by atoms with van der Waals surface area (Å²) in [6, 6.07) is 17.4. The molecule has 2 heterocycles. The van der Waals surface area contributed by atoms with Crippen LogP contribution < -0.4 is 9.47 Å². The van der Waals surface area contributed by atoms with Gasteiger partial charge in [0.25, 0.3) is 5.01 Å².